The largest absolute Gasteiger partial charge is 0.462 e. The summed E-state index contributed by atoms with van der Waals surface area (Å²) < 4.78 is 75.7. The Bertz CT molecular complexity index is 1800. The number of esters is 1. The lowest BCUT2D eigenvalue weighted by atomic mass is 9.71. The number of hydrogen-bond donors (Lipinski definition) is 2. The predicted octanol–water partition coefficient (Wildman–Crippen LogP) is 6.40. The average Bonchev–Trinajstić information content (AvgIpc) is 3.62. The Balaban J connectivity index is 1.16. The van der Waals surface area contributed by atoms with Crippen molar-refractivity contribution in [3.8, 4) is 0 Å². The number of aliphatic hydroxyl groups is 2. The lowest BCUT2D eigenvalue weighted by Crippen LogP contribution is -2.58. The van der Waals surface area contributed by atoms with E-state index < -0.39 is 72.5 Å². The van der Waals surface area contributed by atoms with Gasteiger partial charge in [-0.1, -0.05) is 70.6 Å². The molecule has 66 heavy (non-hydrogen) atoms. The number of allylic oxidation sites excluding steroid dienone is 2. The standard InChI is InChI=1S/C51H78O15/c1-12-14-28(2)45-31(5)19-20-50(66-45)25-37-22-36(65-50)18-17-30(4)44(29(3)15-13-16-35-26-58-48-43(52)32(6)21-38(49(53)62-37)51(35,48)54)63-41-24-40(57-11)47(34(8)61-41)64-42-23-39(56-10)46(33(7)60-42)59-27-55-9/h13,15-17,19-21,28-29,31,33-34,36-48,52,54H,12,14,18,22-27H2,1-11H3/b15-13+,30-17+,35-16+/t28?,29?,31-,33-,34-,36+,37-,38-,39-,40-,41?,42-,43+,44-,45+,46?,47-,48+,50+,51+/m0/s1. The van der Waals surface area contributed by atoms with E-state index in [1.807, 2.05) is 32.1 Å². The van der Waals surface area contributed by atoms with Crippen molar-refractivity contribution in [2.24, 2.45) is 23.7 Å². The maximum absolute atomic E-state index is 14.4. The average molecular weight is 931 g/mol. The summed E-state index contributed by atoms with van der Waals surface area (Å²) in [5.41, 5.74) is 0.148. The Kier molecular flexibility index (Phi) is 17.3. The van der Waals surface area contributed by atoms with Gasteiger partial charge in [-0.3, -0.25) is 4.79 Å². The second-order valence-electron chi connectivity index (χ2n) is 19.9. The van der Waals surface area contributed by atoms with Crippen molar-refractivity contribution in [2.45, 2.75) is 198 Å². The van der Waals surface area contributed by atoms with Crippen molar-refractivity contribution in [1.29, 1.82) is 0 Å². The molecule has 2 bridgehead atoms. The molecule has 7 rings (SSSR count). The molecule has 0 aromatic carbocycles. The number of hydrogen-bond acceptors (Lipinski definition) is 15. The van der Waals surface area contributed by atoms with Gasteiger partial charge in [0.15, 0.2) is 18.4 Å². The first-order valence-corrected chi connectivity index (χ1v) is 24.3. The zero-order valence-electron chi connectivity index (χ0n) is 41.0. The Labute approximate surface area is 392 Å². The van der Waals surface area contributed by atoms with Crippen LogP contribution in [-0.2, 0) is 61.6 Å². The van der Waals surface area contributed by atoms with Gasteiger partial charge in [0.2, 0.25) is 0 Å². The van der Waals surface area contributed by atoms with Gasteiger partial charge < -0.3 is 67.1 Å². The smallest absolute Gasteiger partial charge is 0.316 e. The van der Waals surface area contributed by atoms with Gasteiger partial charge in [0.1, 0.15) is 48.8 Å². The van der Waals surface area contributed by atoms with Crippen LogP contribution in [0.25, 0.3) is 0 Å². The highest BCUT2D eigenvalue weighted by atomic mass is 16.7. The van der Waals surface area contributed by atoms with Crippen LogP contribution < -0.4 is 0 Å². The second-order valence-corrected chi connectivity index (χ2v) is 19.9. The molecule has 0 amide bonds. The molecule has 0 saturated carbocycles. The summed E-state index contributed by atoms with van der Waals surface area (Å²) >= 11 is 0. The molecule has 6 aliphatic heterocycles. The number of methoxy groups -OCH3 is 3. The summed E-state index contributed by atoms with van der Waals surface area (Å²) in [5.74, 6) is -2.54. The zero-order chi connectivity index (χ0) is 47.5. The number of ether oxygens (including phenoxy) is 12. The number of fused-ring (bicyclic) bond motifs is 2. The highest BCUT2D eigenvalue weighted by Gasteiger charge is 2.60. The molecule has 372 valence electrons. The van der Waals surface area contributed by atoms with Gasteiger partial charge in [-0.15, -0.1) is 0 Å². The van der Waals surface area contributed by atoms with E-state index in [0.717, 1.165) is 18.4 Å². The van der Waals surface area contributed by atoms with Crippen LogP contribution in [0.3, 0.4) is 0 Å². The van der Waals surface area contributed by atoms with Gasteiger partial charge >= 0.3 is 5.97 Å². The molecule has 1 aliphatic carbocycles. The SMILES string of the molecule is CCCC(C)[C@H]1O[C@]2(C=C[C@@H]1C)C[C@@H]1C[C@@H](C/C=C(\C)[C@@H](OC3C[C@H](OC)[C@@H](O[C@H]4C[C@H](OC)C(OCOC)[C@H](C)O4)[C@H](C)O3)C(C)/C=C/C=C3\CO[C@@H]4[C@H](O)C(C)=C[C@@H](C(=O)O1)[C@]34O)O2. The molecule has 20 atom stereocenters. The lowest BCUT2D eigenvalue weighted by Gasteiger charge is -2.48. The monoisotopic (exact) mass is 931 g/mol. The van der Waals surface area contributed by atoms with E-state index in [0.29, 0.717) is 43.3 Å². The molecule has 4 fully saturated rings. The molecular weight excluding hydrogens is 853 g/mol. The quantitative estimate of drug-likeness (QED) is 0.125. The Morgan fingerprint density at radius 3 is 2.27 bits per heavy atom. The number of rotatable bonds is 12. The molecule has 15 heteroatoms. The molecule has 15 nitrogen and oxygen atoms in total. The predicted molar refractivity (Wildman–Crippen MR) is 243 cm³/mol. The van der Waals surface area contributed by atoms with Crippen LogP contribution in [-0.4, -0.2) is 148 Å². The molecule has 0 aromatic heterocycles. The van der Waals surface area contributed by atoms with Crippen LogP contribution in [0.2, 0.25) is 0 Å². The fraction of sp³-hybridized carbons (Fsp3) is 0.784. The molecule has 2 N–H and O–H groups in total. The van der Waals surface area contributed by atoms with Crippen molar-refractivity contribution in [3.63, 3.8) is 0 Å². The van der Waals surface area contributed by atoms with Crippen LogP contribution in [0, 0.1) is 23.7 Å². The van der Waals surface area contributed by atoms with Crippen LogP contribution in [0.4, 0.5) is 0 Å². The van der Waals surface area contributed by atoms with Gasteiger partial charge in [-0.05, 0) is 69.2 Å². The maximum Gasteiger partial charge on any atom is 0.316 e. The normalized spacial score (nSPS) is 46.9. The van der Waals surface area contributed by atoms with Crippen molar-refractivity contribution in [2.75, 3.05) is 34.7 Å². The Hall–Kier alpha value is -2.35. The van der Waals surface area contributed by atoms with Gasteiger partial charge in [-0.25, -0.2) is 0 Å². The molecule has 1 spiro atoms. The first-order valence-electron chi connectivity index (χ1n) is 24.3. The molecule has 7 aliphatic rings. The van der Waals surface area contributed by atoms with Crippen molar-refractivity contribution in [1.82, 2.24) is 0 Å². The first-order chi connectivity index (χ1) is 31.5. The molecule has 4 saturated heterocycles. The van der Waals surface area contributed by atoms with E-state index in [-0.39, 0.29) is 67.8 Å². The summed E-state index contributed by atoms with van der Waals surface area (Å²) in [6.45, 7) is 16.5. The first kappa shape index (κ1) is 51.5. The van der Waals surface area contributed by atoms with Crippen molar-refractivity contribution >= 4 is 5.97 Å². The van der Waals surface area contributed by atoms with Gasteiger partial charge in [0.05, 0.1) is 49.3 Å². The van der Waals surface area contributed by atoms with E-state index in [4.69, 9.17) is 56.8 Å². The minimum atomic E-state index is -1.84. The van der Waals surface area contributed by atoms with E-state index >= 15 is 0 Å². The van der Waals surface area contributed by atoms with Gasteiger partial charge in [0.25, 0.3) is 0 Å². The summed E-state index contributed by atoms with van der Waals surface area (Å²) in [6, 6.07) is 0. The summed E-state index contributed by atoms with van der Waals surface area (Å²) in [5, 5.41) is 23.8. The van der Waals surface area contributed by atoms with Crippen LogP contribution in [0.1, 0.15) is 100 Å². The molecular formula is C51H78O15. The van der Waals surface area contributed by atoms with E-state index in [2.05, 4.69) is 46.8 Å². The molecule has 0 radical (unpaired) electrons. The fourth-order valence-electron chi connectivity index (χ4n) is 11.3. The fourth-order valence-corrected chi connectivity index (χ4v) is 11.3. The third kappa shape index (κ3) is 11.0. The third-order valence-corrected chi connectivity index (χ3v) is 14.9. The van der Waals surface area contributed by atoms with E-state index in [1.54, 1.807) is 40.4 Å². The zero-order valence-corrected chi connectivity index (χ0v) is 41.0. The minimum absolute atomic E-state index is 0.0336. The van der Waals surface area contributed by atoms with Gasteiger partial charge in [0, 0.05) is 58.8 Å². The third-order valence-electron chi connectivity index (χ3n) is 14.9. The highest BCUT2D eigenvalue weighted by molar-refractivity contribution is 5.78. The van der Waals surface area contributed by atoms with Gasteiger partial charge in [-0.2, -0.15) is 0 Å². The van der Waals surface area contributed by atoms with E-state index in [1.165, 1.54) is 0 Å². The van der Waals surface area contributed by atoms with Crippen molar-refractivity contribution < 1.29 is 71.8 Å². The summed E-state index contributed by atoms with van der Waals surface area (Å²) in [6.07, 6.45) is 10.7. The molecule has 4 unspecified atom stereocenters. The maximum atomic E-state index is 14.4. The van der Waals surface area contributed by atoms with Crippen LogP contribution >= 0.6 is 0 Å². The highest BCUT2D eigenvalue weighted by Crippen LogP contribution is 2.47. The molecule has 0 aromatic rings. The van der Waals surface area contributed by atoms with Crippen molar-refractivity contribution in [3.05, 3.63) is 59.3 Å². The Morgan fingerprint density at radius 2 is 1.58 bits per heavy atom. The number of carbonyl (C=O) groups is 1. The van der Waals surface area contributed by atoms with Crippen LogP contribution in [0.5, 0.6) is 0 Å². The lowest BCUT2D eigenvalue weighted by molar-refractivity contribution is -0.323. The Morgan fingerprint density at radius 1 is 0.879 bits per heavy atom. The molecule has 6 heterocycles. The number of aliphatic hydroxyl groups excluding tert-OH is 1. The summed E-state index contributed by atoms with van der Waals surface area (Å²) in [7, 11) is 4.90. The number of carbonyl (C=O) groups excluding carboxylic acids is 1. The minimum Gasteiger partial charge on any atom is -0.462 e. The summed E-state index contributed by atoms with van der Waals surface area (Å²) in [4.78, 5) is 14.4. The van der Waals surface area contributed by atoms with Crippen LogP contribution in [0.15, 0.2) is 59.3 Å². The topological polar surface area (TPSA) is 168 Å². The second kappa shape index (κ2) is 22.2. The van der Waals surface area contributed by atoms with E-state index in [9.17, 15) is 15.0 Å².